The molecule has 4 rings (SSSR count). The predicted octanol–water partition coefficient (Wildman–Crippen LogP) is 6.52. The third-order valence-corrected chi connectivity index (χ3v) is 5.87. The summed E-state index contributed by atoms with van der Waals surface area (Å²) in [4.78, 5) is 25.4. The minimum absolute atomic E-state index is 0.177. The molecule has 0 fully saturated rings. The molecule has 2 amide bonds. The summed E-state index contributed by atoms with van der Waals surface area (Å²) in [6.45, 7) is 6.23. The van der Waals surface area contributed by atoms with Gasteiger partial charge in [0.25, 0.3) is 11.8 Å². The van der Waals surface area contributed by atoms with Gasteiger partial charge in [0.05, 0.1) is 0 Å². The summed E-state index contributed by atoms with van der Waals surface area (Å²) in [6, 6.07) is 24.5. The van der Waals surface area contributed by atoms with Crippen LogP contribution in [0.1, 0.15) is 44.3 Å². The molecule has 0 bridgehead atoms. The Morgan fingerprint density at radius 3 is 2.19 bits per heavy atom. The van der Waals surface area contributed by atoms with E-state index in [1.807, 2.05) is 48.5 Å². The number of fused-ring (bicyclic) bond motifs is 1. The fraction of sp³-hybridized carbons (Fsp3) is 0.143. The minimum atomic E-state index is -0.181. The fourth-order valence-electron chi connectivity index (χ4n) is 3.79. The molecule has 0 aliphatic carbocycles. The number of anilines is 2. The number of nitrogens with one attached hydrogen (secondary N) is 2. The van der Waals surface area contributed by atoms with Gasteiger partial charge < -0.3 is 10.6 Å². The molecule has 4 aromatic carbocycles. The molecular weight excluding hydrogens is 396 g/mol. The largest absolute Gasteiger partial charge is 0.322 e. The summed E-state index contributed by atoms with van der Waals surface area (Å²) in [6.07, 6.45) is 0.843. The molecule has 0 spiro atoms. The van der Waals surface area contributed by atoms with Crippen LogP contribution in [0.25, 0.3) is 10.8 Å². The number of carbonyl (C=O) groups is 2. The smallest absolute Gasteiger partial charge is 0.255 e. The Morgan fingerprint density at radius 1 is 0.750 bits per heavy atom. The molecule has 0 atom stereocenters. The van der Waals surface area contributed by atoms with Crippen LogP contribution in [0.3, 0.4) is 0 Å². The second kappa shape index (κ2) is 9.06. The minimum Gasteiger partial charge on any atom is -0.322 e. The van der Waals surface area contributed by atoms with Gasteiger partial charge in [0.2, 0.25) is 0 Å². The molecular formula is C28H26N2O2. The van der Waals surface area contributed by atoms with E-state index in [0.717, 1.165) is 28.4 Å². The number of rotatable bonds is 5. The van der Waals surface area contributed by atoms with Crippen molar-refractivity contribution in [2.75, 3.05) is 10.6 Å². The average Bonchev–Trinajstić information content (AvgIpc) is 2.82. The van der Waals surface area contributed by atoms with Crippen molar-refractivity contribution in [3.63, 3.8) is 0 Å². The summed E-state index contributed by atoms with van der Waals surface area (Å²) in [7, 11) is 0. The zero-order valence-corrected chi connectivity index (χ0v) is 18.5. The average molecular weight is 423 g/mol. The van der Waals surface area contributed by atoms with Crippen LogP contribution in [0.5, 0.6) is 0 Å². The first-order valence-electron chi connectivity index (χ1n) is 10.8. The molecule has 0 saturated heterocycles. The van der Waals surface area contributed by atoms with Crippen molar-refractivity contribution in [1.29, 1.82) is 0 Å². The van der Waals surface area contributed by atoms with Crippen LogP contribution in [0.2, 0.25) is 0 Å². The van der Waals surface area contributed by atoms with E-state index in [2.05, 4.69) is 37.5 Å². The zero-order valence-electron chi connectivity index (χ0n) is 18.5. The van der Waals surface area contributed by atoms with Crippen molar-refractivity contribution < 1.29 is 9.59 Å². The van der Waals surface area contributed by atoms with Gasteiger partial charge in [-0.05, 0) is 90.2 Å². The monoisotopic (exact) mass is 422 g/mol. The third-order valence-electron chi connectivity index (χ3n) is 5.87. The van der Waals surface area contributed by atoms with Crippen LogP contribution in [0.4, 0.5) is 11.4 Å². The van der Waals surface area contributed by atoms with Gasteiger partial charge in [-0.1, -0.05) is 43.3 Å². The lowest BCUT2D eigenvalue weighted by Crippen LogP contribution is -2.14. The Labute approximate surface area is 188 Å². The molecule has 4 aromatic rings. The Morgan fingerprint density at radius 2 is 1.44 bits per heavy atom. The molecule has 4 nitrogen and oxygen atoms in total. The lowest BCUT2D eigenvalue weighted by atomic mass is 9.99. The Bertz CT molecular complexity index is 1310. The number of benzene rings is 4. The van der Waals surface area contributed by atoms with Crippen molar-refractivity contribution in [2.24, 2.45) is 0 Å². The molecule has 32 heavy (non-hydrogen) atoms. The lowest BCUT2D eigenvalue weighted by Gasteiger charge is -2.11. The van der Waals surface area contributed by atoms with E-state index >= 15 is 0 Å². The normalized spacial score (nSPS) is 10.7. The molecule has 2 N–H and O–H groups in total. The summed E-state index contributed by atoms with van der Waals surface area (Å²) < 4.78 is 0. The van der Waals surface area contributed by atoms with Crippen molar-refractivity contribution in [3.8, 4) is 0 Å². The summed E-state index contributed by atoms with van der Waals surface area (Å²) in [5.74, 6) is -0.358. The van der Waals surface area contributed by atoms with Crippen LogP contribution >= 0.6 is 0 Å². The lowest BCUT2D eigenvalue weighted by molar-refractivity contribution is 0.102. The van der Waals surface area contributed by atoms with Crippen molar-refractivity contribution >= 4 is 34.0 Å². The van der Waals surface area contributed by atoms with E-state index in [1.165, 1.54) is 11.1 Å². The SMILES string of the molecule is CCc1ccccc1NC(=O)c1ccc(NC(=O)c2ccc3c(C)c(C)ccc3c2)cc1. The number of carbonyl (C=O) groups excluding carboxylic acids is 2. The van der Waals surface area contributed by atoms with E-state index in [1.54, 1.807) is 24.3 Å². The van der Waals surface area contributed by atoms with E-state index in [-0.39, 0.29) is 11.8 Å². The van der Waals surface area contributed by atoms with Gasteiger partial charge in [-0.2, -0.15) is 0 Å². The van der Waals surface area contributed by atoms with Gasteiger partial charge in [-0.25, -0.2) is 0 Å². The third kappa shape index (κ3) is 4.40. The maximum absolute atomic E-state index is 12.7. The Balaban J connectivity index is 1.46. The van der Waals surface area contributed by atoms with Gasteiger partial charge in [0, 0.05) is 22.5 Å². The van der Waals surface area contributed by atoms with Crippen molar-refractivity contribution in [1.82, 2.24) is 0 Å². The Hall–Kier alpha value is -3.92. The predicted molar refractivity (Wildman–Crippen MR) is 132 cm³/mol. The summed E-state index contributed by atoms with van der Waals surface area (Å²) in [5, 5.41) is 8.07. The molecule has 0 aromatic heterocycles. The van der Waals surface area contributed by atoms with Crippen LogP contribution in [0, 0.1) is 13.8 Å². The van der Waals surface area contributed by atoms with Gasteiger partial charge in [0.1, 0.15) is 0 Å². The molecule has 0 aliphatic rings. The first kappa shape index (κ1) is 21.3. The molecule has 0 radical (unpaired) electrons. The molecule has 4 heteroatoms. The second-order valence-corrected chi connectivity index (χ2v) is 7.94. The van der Waals surface area contributed by atoms with Crippen LogP contribution in [0.15, 0.2) is 78.9 Å². The molecule has 0 heterocycles. The van der Waals surface area contributed by atoms with E-state index in [9.17, 15) is 9.59 Å². The second-order valence-electron chi connectivity index (χ2n) is 7.94. The highest BCUT2D eigenvalue weighted by atomic mass is 16.2. The maximum Gasteiger partial charge on any atom is 0.255 e. The summed E-state index contributed by atoms with van der Waals surface area (Å²) >= 11 is 0. The Kier molecular flexibility index (Phi) is 6.04. The van der Waals surface area contributed by atoms with Crippen LogP contribution in [-0.2, 0) is 6.42 Å². The first-order chi connectivity index (χ1) is 15.5. The molecule has 160 valence electrons. The number of hydrogen-bond donors (Lipinski definition) is 2. The van der Waals surface area contributed by atoms with E-state index < -0.39 is 0 Å². The maximum atomic E-state index is 12.7. The van der Waals surface area contributed by atoms with E-state index in [0.29, 0.717) is 16.8 Å². The van der Waals surface area contributed by atoms with Crippen LogP contribution < -0.4 is 10.6 Å². The van der Waals surface area contributed by atoms with Crippen molar-refractivity contribution in [2.45, 2.75) is 27.2 Å². The van der Waals surface area contributed by atoms with Gasteiger partial charge in [-0.3, -0.25) is 9.59 Å². The number of amides is 2. The number of aryl methyl sites for hydroxylation is 3. The first-order valence-corrected chi connectivity index (χ1v) is 10.8. The van der Waals surface area contributed by atoms with Gasteiger partial charge in [-0.15, -0.1) is 0 Å². The van der Waals surface area contributed by atoms with Gasteiger partial charge in [0.15, 0.2) is 0 Å². The zero-order chi connectivity index (χ0) is 22.7. The van der Waals surface area contributed by atoms with E-state index in [4.69, 9.17) is 0 Å². The fourth-order valence-corrected chi connectivity index (χ4v) is 3.79. The highest BCUT2D eigenvalue weighted by molar-refractivity contribution is 6.08. The molecule has 0 saturated carbocycles. The van der Waals surface area contributed by atoms with Gasteiger partial charge >= 0.3 is 0 Å². The quantitative estimate of drug-likeness (QED) is 0.384. The molecule has 0 unspecified atom stereocenters. The summed E-state index contributed by atoms with van der Waals surface area (Å²) in [5.41, 5.74) is 6.14. The number of hydrogen-bond acceptors (Lipinski definition) is 2. The molecule has 0 aliphatic heterocycles. The standard InChI is InChI=1S/C28H26N2O2/c1-4-20-7-5-6-8-26(20)30-27(31)21-11-14-24(15-12-21)29-28(32)23-13-16-25-19(3)18(2)9-10-22(25)17-23/h5-17H,4H2,1-3H3,(H,29,32)(H,30,31). The topological polar surface area (TPSA) is 58.2 Å². The highest BCUT2D eigenvalue weighted by Gasteiger charge is 2.11. The van der Waals surface area contributed by atoms with Crippen molar-refractivity contribution in [3.05, 3.63) is 107 Å². The highest BCUT2D eigenvalue weighted by Crippen LogP contribution is 2.23. The number of para-hydroxylation sites is 1. The van der Waals surface area contributed by atoms with Crippen LogP contribution in [-0.4, -0.2) is 11.8 Å².